The lowest BCUT2D eigenvalue weighted by molar-refractivity contribution is -0.106. The average Bonchev–Trinajstić information content (AvgIpc) is 1.80. The average molecular weight is 144 g/mol. The molecule has 0 spiro atoms. The SMILES string of the molecule is CCCC/C=C/C(=O)S. The Balaban J connectivity index is 3.15. The first kappa shape index (κ1) is 8.76. The van der Waals surface area contributed by atoms with E-state index in [1.165, 1.54) is 12.5 Å². The lowest BCUT2D eigenvalue weighted by Gasteiger charge is -1.85. The van der Waals surface area contributed by atoms with Crippen molar-refractivity contribution >= 4 is 17.7 Å². The number of hydrogen-bond donors (Lipinski definition) is 1. The van der Waals surface area contributed by atoms with E-state index in [-0.39, 0.29) is 5.12 Å². The third-order valence-electron chi connectivity index (χ3n) is 0.985. The van der Waals surface area contributed by atoms with Crippen LogP contribution in [0.4, 0.5) is 0 Å². The monoisotopic (exact) mass is 144 g/mol. The van der Waals surface area contributed by atoms with Crippen molar-refractivity contribution < 1.29 is 4.79 Å². The third-order valence-corrected chi connectivity index (χ3v) is 1.13. The van der Waals surface area contributed by atoms with Crippen LogP contribution in [0.25, 0.3) is 0 Å². The standard InChI is InChI=1S/C7H12OS/c1-2-3-4-5-6-7(8)9/h5-6H,2-4H2,1H3,(H,8,9)/b6-5+. The Hall–Kier alpha value is -0.240. The van der Waals surface area contributed by atoms with Gasteiger partial charge in [-0.25, -0.2) is 0 Å². The van der Waals surface area contributed by atoms with Crippen LogP contribution in [0.3, 0.4) is 0 Å². The van der Waals surface area contributed by atoms with Crippen molar-refractivity contribution in [1.29, 1.82) is 0 Å². The molecule has 9 heavy (non-hydrogen) atoms. The third kappa shape index (κ3) is 7.76. The second-order valence-electron chi connectivity index (χ2n) is 1.88. The Morgan fingerprint density at radius 1 is 1.67 bits per heavy atom. The van der Waals surface area contributed by atoms with E-state index in [2.05, 4.69) is 19.6 Å². The Bertz CT molecular complexity index is 107. The van der Waals surface area contributed by atoms with Crippen LogP contribution in [0, 0.1) is 0 Å². The summed E-state index contributed by atoms with van der Waals surface area (Å²) in [6.07, 6.45) is 6.67. The molecule has 0 radical (unpaired) electrons. The van der Waals surface area contributed by atoms with E-state index in [0.717, 1.165) is 12.8 Å². The minimum Gasteiger partial charge on any atom is -0.283 e. The van der Waals surface area contributed by atoms with Crippen molar-refractivity contribution in [3.8, 4) is 0 Å². The molecule has 0 aliphatic heterocycles. The molecule has 0 fully saturated rings. The quantitative estimate of drug-likeness (QED) is 0.363. The molecule has 1 nitrogen and oxygen atoms in total. The Kier molecular flexibility index (Phi) is 5.73. The van der Waals surface area contributed by atoms with Crippen molar-refractivity contribution in [3.63, 3.8) is 0 Å². The molecule has 0 N–H and O–H groups in total. The molecule has 0 aromatic carbocycles. The highest BCUT2D eigenvalue weighted by Crippen LogP contribution is 1.95. The largest absolute Gasteiger partial charge is 0.283 e. The summed E-state index contributed by atoms with van der Waals surface area (Å²) < 4.78 is 0. The molecule has 0 aromatic heterocycles. The van der Waals surface area contributed by atoms with E-state index in [4.69, 9.17) is 0 Å². The summed E-state index contributed by atoms with van der Waals surface area (Å²) in [5.74, 6) is 0. The van der Waals surface area contributed by atoms with Gasteiger partial charge in [0.2, 0.25) is 5.12 Å². The smallest absolute Gasteiger partial charge is 0.208 e. The number of carbonyl (C=O) groups is 1. The Morgan fingerprint density at radius 2 is 2.33 bits per heavy atom. The summed E-state index contributed by atoms with van der Waals surface area (Å²) in [6, 6.07) is 0. The van der Waals surface area contributed by atoms with Crippen molar-refractivity contribution in [2.75, 3.05) is 0 Å². The topological polar surface area (TPSA) is 17.1 Å². The molecule has 0 rings (SSSR count). The second kappa shape index (κ2) is 5.89. The minimum atomic E-state index is -0.161. The van der Waals surface area contributed by atoms with Gasteiger partial charge in [-0.3, -0.25) is 4.79 Å². The zero-order valence-electron chi connectivity index (χ0n) is 5.63. The number of thiol groups is 1. The van der Waals surface area contributed by atoms with Crippen LogP contribution in [0.15, 0.2) is 12.2 Å². The number of hydrogen-bond acceptors (Lipinski definition) is 1. The molecule has 0 aromatic rings. The second-order valence-corrected chi connectivity index (χ2v) is 2.32. The maximum atomic E-state index is 10.2. The van der Waals surface area contributed by atoms with Crippen LogP contribution in [-0.4, -0.2) is 5.12 Å². The van der Waals surface area contributed by atoms with E-state index < -0.39 is 0 Å². The van der Waals surface area contributed by atoms with E-state index in [0.29, 0.717) is 0 Å². The lowest BCUT2D eigenvalue weighted by Crippen LogP contribution is -1.74. The van der Waals surface area contributed by atoms with Gasteiger partial charge >= 0.3 is 0 Å². The summed E-state index contributed by atoms with van der Waals surface area (Å²) in [4.78, 5) is 10.2. The van der Waals surface area contributed by atoms with Gasteiger partial charge in [-0.2, -0.15) is 0 Å². The maximum Gasteiger partial charge on any atom is 0.208 e. The zero-order chi connectivity index (χ0) is 7.11. The molecule has 0 bridgehead atoms. The first-order valence-corrected chi connectivity index (χ1v) is 3.61. The first-order valence-electron chi connectivity index (χ1n) is 3.17. The van der Waals surface area contributed by atoms with Gasteiger partial charge < -0.3 is 0 Å². The Morgan fingerprint density at radius 3 is 2.78 bits per heavy atom. The summed E-state index contributed by atoms with van der Waals surface area (Å²) in [7, 11) is 0. The van der Waals surface area contributed by atoms with Crippen LogP contribution in [0.5, 0.6) is 0 Å². The molecule has 0 unspecified atom stereocenters. The van der Waals surface area contributed by atoms with E-state index in [1.54, 1.807) is 0 Å². The van der Waals surface area contributed by atoms with Crippen molar-refractivity contribution in [3.05, 3.63) is 12.2 Å². The molecule has 0 saturated heterocycles. The molecule has 2 heteroatoms. The van der Waals surface area contributed by atoms with Gasteiger partial charge in [-0.1, -0.05) is 25.8 Å². The summed E-state index contributed by atoms with van der Waals surface area (Å²) >= 11 is 3.57. The summed E-state index contributed by atoms with van der Waals surface area (Å²) in [5.41, 5.74) is 0. The number of allylic oxidation sites excluding steroid dienone is 1. The fraction of sp³-hybridized carbons (Fsp3) is 0.571. The van der Waals surface area contributed by atoms with Crippen molar-refractivity contribution in [2.24, 2.45) is 0 Å². The van der Waals surface area contributed by atoms with Gasteiger partial charge in [0.25, 0.3) is 0 Å². The molecule has 0 aliphatic carbocycles. The van der Waals surface area contributed by atoms with Gasteiger partial charge in [0.15, 0.2) is 0 Å². The number of carbonyl (C=O) groups excluding carboxylic acids is 1. The van der Waals surface area contributed by atoms with Gasteiger partial charge in [0.1, 0.15) is 0 Å². The van der Waals surface area contributed by atoms with Crippen LogP contribution in [-0.2, 0) is 4.79 Å². The predicted molar refractivity (Wildman–Crippen MR) is 42.7 cm³/mol. The van der Waals surface area contributed by atoms with Gasteiger partial charge in [-0.15, -0.1) is 12.6 Å². The van der Waals surface area contributed by atoms with Crippen molar-refractivity contribution in [1.82, 2.24) is 0 Å². The predicted octanol–water partition coefficient (Wildman–Crippen LogP) is 2.19. The van der Waals surface area contributed by atoms with E-state index in [1.807, 2.05) is 6.08 Å². The van der Waals surface area contributed by atoms with E-state index >= 15 is 0 Å². The lowest BCUT2D eigenvalue weighted by atomic mass is 10.2. The fourth-order valence-electron chi connectivity index (χ4n) is 0.506. The van der Waals surface area contributed by atoms with Crippen LogP contribution >= 0.6 is 12.6 Å². The number of rotatable bonds is 4. The molecule has 0 atom stereocenters. The molecule has 0 saturated carbocycles. The normalized spacial score (nSPS) is 10.4. The Labute approximate surface area is 61.6 Å². The molecule has 52 valence electrons. The summed E-state index contributed by atoms with van der Waals surface area (Å²) in [5, 5.41) is -0.161. The van der Waals surface area contributed by atoms with Crippen LogP contribution in [0.2, 0.25) is 0 Å². The molecule has 0 heterocycles. The fourth-order valence-corrected chi connectivity index (χ4v) is 0.612. The molecular formula is C7H12OS. The van der Waals surface area contributed by atoms with Crippen molar-refractivity contribution in [2.45, 2.75) is 26.2 Å². The zero-order valence-corrected chi connectivity index (χ0v) is 6.53. The van der Waals surface area contributed by atoms with Crippen LogP contribution < -0.4 is 0 Å². The van der Waals surface area contributed by atoms with Gasteiger partial charge in [0, 0.05) is 0 Å². The van der Waals surface area contributed by atoms with E-state index in [9.17, 15) is 4.79 Å². The maximum absolute atomic E-state index is 10.2. The first-order chi connectivity index (χ1) is 4.27. The molecule has 0 aliphatic rings. The molecule has 0 amide bonds. The van der Waals surface area contributed by atoms with Crippen LogP contribution in [0.1, 0.15) is 26.2 Å². The van der Waals surface area contributed by atoms with Gasteiger partial charge in [-0.05, 0) is 12.5 Å². The highest BCUT2D eigenvalue weighted by molar-refractivity contribution is 7.97. The highest BCUT2D eigenvalue weighted by Gasteiger charge is 1.81. The minimum absolute atomic E-state index is 0.161. The van der Waals surface area contributed by atoms with Gasteiger partial charge in [0.05, 0.1) is 0 Å². The summed E-state index contributed by atoms with van der Waals surface area (Å²) in [6.45, 7) is 2.12. The molecular weight excluding hydrogens is 132 g/mol. The number of unbranched alkanes of at least 4 members (excludes halogenated alkanes) is 2. The highest BCUT2D eigenvalue weighted by atomic mass is 32.1.